The Kier molecular flexibility index (Phi) is 5.64. The van der Waals surface area contributed by atoms with E-state index >= 15 is 0 Å². The van der Waals surface area contributed by atoms with Gasteiger partial charge in [0.25, 0.3) is 0 Å². The van der Waals surface area contributed by atoms with Gasteiger partial charge in [0.05, 0.1) is 13.2 Å². The second kappa shape index (κ2) is 7.72. The number of nitrogens with zero attached hydrogens (tertiary/aromatic N) is 2. The number of hydrogen-bond donors (Lipinski definition) is 1. The fraction of sp³-hybridized carbons (Fsp3) is 0.611. The molecule has 1 N–H and O–H groups in total. The maximum absolute atomic E-state index is 12.6. The molecule has 0 spiro atoms. The maximum atomic E-state index is 12.6. The van der Waals surface area contributed by atoms with Gasteiger partial charge in [-0.3, -0.25) is 9.69 Å². The number of halogens is 1. The summed E-state index contributed by atoms with van der Waals surface area (Å²) >= 11 is 6.31. The highest BCUT2D eigenvalue weighted by Gasteiger charge is 2.27. The molecule has 2 aliphatic heterocycles. The zero-order valence-corrected chi connectivity index (χ0v) is 15.2. The molecule has 1 fully saturated rings. The van der Waals surface area contributed by atoms with Gasteiger partial charge >= 0.3 is 0 Å². The van der Waals surface area contributed by atoms with Crippen molar-refractivity contribution in [3.05, 3.63) is 28.3 Å². The monoisotopic (exact) mass is 351 g/mol. The number of carbonyl (C=O) groups is 1. The van der Waals surface area contributed by atoms with E-state index in [4.69, 9.17) is 16.3 Å². The Bertz CT molecular complexity index is 602. The summed E-state index contributed by atoms with van der Waals surface area (Å²) in [6.45, 7) is 6.60. The Balaban J connectivity index is 1.75. The van der Waals surface area contributed by atoms with Gasteiger partial charge in [-0.15, -0.1) is 0 Å². The Labute approximate surface area is 148 Å². The molecule has 1 saturated heterocycles. The number of hydrogen-bond acceptors (Lipinski definition) is 4. The van der Waals surface area contributed by atoms with Crippen LogP contribution in [0.4, 0.5) is 0 Å². The first-order valence-electron chi connectivity index (χ1n) is 8.74. The molecule has 2 aliphatic rings. The second-order valence-electron chi connectivity index (χ2n) is 6.55. The van der Waals surface area contributed by atoms with E-state index < -0.39 is 0 Å². The quantitative estimate of drug-likeness (QED) is 0.882. The molecule has 132 valence electrons. The van der Waals surface area contributed by atoms with Gasteiger partial charge in [0.1, 0.15) is 5.75 Å². The van der Waals surface area contributed by atoms with Crippen LogP contribution in [0.5, 0.6) is 5.75 Å². The van der Waals surface area contributed by atoms with Gasteiger partial charge in [-0.1, -0.05) is 18.5 Å². The Morgan fingerprint density at radius 3 is 2.88 bits per heavy atom. The number of likely N-dealkylation sites (N-methyl/N-ethyl adjacent to an activating group) is 1. The minimum Gasteiger partial charge on any atom is -0.493 e. The molecule has 0 radical (unpaired) electrons. The number of fused-ring (bicyclic) bond motifs is 1. The number of piperazine rings is 1. The molecule has 0 aliphatic carbocycles. The second-order valence-corrected chi connectivity index (χ2v) is 6.99. The number of benzene rings is 1. The molecule has 0 saturated carbocycles. The van der Waals surface area contributed by atoms with E-state index in [9.17, 15) is 4.79 Å². The van der Waals surface area contributed by atoms with Crippen LogP contribution in [0.25, 0.3) is 0 Å². The van der Waals surface area contributed by atoms with Crippen LogP contribution < -0.4 is 10.1 Å². The summed E-state index contributed by atoms with van der Waals surface area (Å²) in [5, 5.41) is 4.02. The van der Waals surface area contributed by atoms with E-state index in [1.165, 1.54) is 5.56 Å². The summed E-state index contributed by atoms with van der Waals surface area (Å²) in [5.74, 6) is 1.16. The largest absolute Gasteiger partial charge is 0.493 e. The molecule has 1 unspecified atom stereocenters. The molecule has 24 heavy (non-hydrogen) atoms. The van der Waals surface area contributed by atoms with Gasteiger partial charge in [-0.05, 0) is 31.2 Å². The smallest absolute Gasteiger partial charge is 0.236 e. The minimum absolute atomic E-state index is 0.127. The van der Waals surface area contributed by atoms with Crippen molar-refractivity contribution >= 4 is 17.5 Å². The molecule has 1 amide bonds. The highest BCUT2D eigenvalue weighted by Crippen LogP contribution is 2.39. The molecule has 3 rings (SSSR count). The van der Waals surface area contributed by atoms with Crippen molar-refractivity contribution in [1.82, 2.24) is 15.1 Å². The van der Waals surface area contributed by atoms with Crippen LogP contribution in [-0.4, -0.2) is 62.1 Å². The zero-order valence-electron chi connectivity index (χ0n) is 14.5. The van der Waals surface area contributed by atoms with E-state index in [1.54, 1.807) is 0 Å². The molecule has 5 nitrogen and oxygen atoms in total. The Hall–Kier alpha value is -1.30. The predicted molar refractivity (Wildman–Crippen MR) is 95.8 cm³/mol. The number of nitrogens with one attached hydrogen (secondary N) is 1. The van der Waals surface area contributed by atoms with Crippen molar-refractivity contribution in [3.63, 3.8) is 0 Å². The van der Waals surface area contributed by atoms with Crippen LogP contribution in [0.1, 0.15) is 30.5 Å². The Morgan fingerprint density at radius 1 is 1.42 bits per heavy atom. The first-order chi connectivity index (χ1) is 11.6. The summed E-state index contributed by atoms with van der Waals surface area (Å²) in [7, 11) is 2.01. The number of amides is 1. The van der Waals surface area contributed by atoms with Crippen LogP contribution in [0, 0.1) is 0 Å². The topological polar surface area (TPSA) is 44.8 Å². The van der Waals surface area contributed by atoms with Crippen molar-refractivity contribution in [2.45, 2.75) is 25.8 Å². The molecule has 0 bridgehead atoms. The average Bonchev–Trinajstić information content (AvgIpc) is 3.04. The molecule has 1 aromatic carbocycles. The normalized spacial score (nSPS) is 18.4. The summed E-state index contributed by atoms with van der Waals surface area (Å²) in [5.41, 5.74) is 2.28. The van der Waals surface area contributed by atoms with Gasteiger partial charge < -0.3 is 15.0 Å². The van der Waals surface area contributed by atoms with Gasteiger partial charge in [-0.25, -0.2) is 0 Å². The van der Waals surface area contributed by atoms with Crippen molar-refractivity contribution in [1.29, 1.82) is 0 Å². The average molecular weight is 352 g/mol. The first-order valence-corrected chi connectivity index (χ1v) is 9.11. The van der Waals surface area contributed by atoms with E-state index in [2.05, 4.69) is 17.1 Å². The van der Waals surface area contributed by atoms with E-state index in [1.807, 2.05) is 24.1 Å². The van der Waals surface area contributed by atoms with Crippen LogP contribution in [-0.2, 0) is 11.2 Å². The highest BCUT2D eigenvalue weighted by atomic mass is 35.5. The number of ether oxygens (including phenoxy) is 1. The standard InChI is InChI=1S/C18H26ClN3O2/c1-3-16(15-11-14(19)10-13-4-9-24-18(13)15)21(2)12-17(23)22-7-5-20-6-8-22/h10-11,16,20H,3-9,12H2,1-2H3. The van der Waals surface area contributed by atoms with Crippen molar-refractivity contribution in [2.24, 2.45) is 0 Å². The minimum atomic E-state index is 0.127. The zero-order chi connectivity index (χ0) is 17.1. The molecule has 1 aromatic rings. The van der Waals surface area contributed by atoms with Crippen LogP contribution in [0.3, 0.4) is 0 Å². The van der Waals surface area contributed by atoms with E-state index in [0.29, 0.717) is 13.2 Å². The SMILES string of the molecule is CCC(c1cc(Cl)cc2c1OCC2)N(C)CC(=O)N1CCNCC1. The van der Waals surface area contributed by atoms with Crippen LogP contribution >= 0.6 is 11.6 Å². The molecule has 2 heterocycles. The summed E-state index contributed by atoms with van der Waals surface area (Å²) in [6.07, 6.45) is 1.81. The fourth-order valence-electron chi connectivity index (χ4n) is 3.65. The van der Waals surface area contributed by atoms with Gasteiger partial charge in [-0.2, -0.15) is 0 Å². The summed E-state index contributed by atoms with van der Waals surface area (Å²) in [6, 6.07) is 4.11. The molecule has 6 heteroatoms. The third-order valence-electron chi connectivity index (χ3n) is 4.91. The van der Waals surface area contributed by atoms with Crippen molar-refractivity contribution in [2.75, 3.05) is 46.4 Å². The van der Waals surface area contributed by atoms with Crippen molar-refractivity contribution < 1.29 is 9.53 Å². The van der Waals surface area contributed by atoms with Gasteiger partial charge in [0.2, 0.25) is 5.91 Å². The van der Waals surface area contributed by atoms with E-state index in [0.717, 1.165) is 55.4 Å². The van der Waals surface area contributed by atoms with Gasteiger partial charge in [0, 0.05) is 49.2 Å². The third-order valence-corrected chi connectivity index (χ3v) is 5.13. The number of rotatable bonds is 5. The van der Waals surface area contributed by atoms with Crippen LogP contribution in [0.2, 0.25) is 5.02 Å². The highest BCUT2D eigenvalue weighted by molar-refractivity contribution is 6.30. The molecular weight excluding hydrogens is 326 g/mol. The Morgan fingerprint density at radius 2 is 2.17 bits per heavy atom. The predicted octanol–water partition coefficient (Wildman–Crippen LogP) is 2.09. The van der Waals surface area contributed by atoms with Crippen molar-refractivity contribution in [3.8, 4) is 5.75 Å². The maximum Gasteiger partial charge on any atom is 0.236 e. The molecule has 1 atom stereocenters. The lowest BCUT2D eigenvalue weighted by Gasteiger charge is -2.32. The lowest BCUT2D eigenvalue weighted by atomic mass is 9.99. The molecule has 0 aromatic heterocycles. The lowest BCUT2D eigenvalue weighted by Crippen LogP contribution is -2.49. The first kappa shape index (κ1) is 17.5. The lowest BCUT2D eigenvalue weighted by molar-refractivity contribution is -0.133. The van der Waals surface area contributed by atoms with E-state index in [-0.39, 0.29) is 11.9 Å². The van der Waals surface area contributed by atoms with Gasteiger partial charge in [0.15, 0.2) is 0 Å². The molecular formula is C18H26ClN3O2. The fourth-order valence-corrected chi connectivity index (χ4v) is 3.90. The number of carbonyl (C=O) groups excluding carboxylic acids is 1. The third kappa shape index (κ3) is 3.68. The van der Waals surface area contributed by atoms with Crippen LogP contribution in [0.15, 0.2) is 12.1 Å². The summed E-state index contributed by atoms with van der Waals surface area (Å²) in [4.78, 5) is 16.6. The summed E-state index contributed by atoms with van der Waals surface area (Å²) < 4.78 is 5.85.